The number of quaternary nitrogens is 1. The van der Waals surface area contributed by atoms with Gasteiger partial charge in [0.25, 0.3) is 0 Å². The fraction of sp³-hybridized carbons (Fsp3) is 0.306. The summed E-state index contributed by atoms with van der Waals surface area (Å²) in [6, 6.07) is 22.5. The van der Waals surface area contributed by atoms with Gasteiger partial charge in [0, 0.05) is 37.6 Å². The number of hydrogen-bond donors (Lipinski definition) is 2. The summed E-state index contributed by atoms with van der Waals surface area (Å²) in [5.74, 6) is 1.00. The second-order valence-electron chi connectivity index (χ2n) is 16.9. The molecule has 7 unspecified atom stereocenters. The number of benzene rings is 2. The van der Waals surface area contributed by atoms with Gasteiger partial charge >= 0.3 is 0 Å². The number of hydrogen-bond acceptors (Lipinski definition) is 2. The maximum atomic E-state index is 4.25. The molecule has 7 aliphatic rings. The lowest BCUT2D eigenvalue weighted by Gasteiger charge is -2.40. The minimum atomic E-state index is -0.00620. The number of likely N-dealkylation sites (N-methyl/N-ethyl adjacent to an activating group) is 1. The molecule has 3 nitrogen and oxygen atoms in total. The number of nitrogens with one attached hydrogen (secondary N) is 2. The summed E-state index contributed by atoms with van der Waals surface area (Å²) in [5, 5.41) is 7.09. The highest BCUT2D eigenvalue weighted by molar-refractivity contribution is 8.05. The van der Waals surface area contributed by atoms with Crippen molar-refractivity contribution in [3.8, 4) is 0 Å². The number of fused-ring (bicyclic) bond motifs is 6. The van der Waals surface area contributed by atoms with E-state index in [9.17, 15) is 0 Å². The Kier molecular flexibility index (Phi) is 7.66. The number of thioether (sulfide) groups is 1. The Hall–Kier alpha value is -4.51. The molecule has 0 bridgehead atoms. The molecule has 4 heteroatoms. The van der Waals surface area contributed by atoms with Crippen LogP contribution in [0.25, 0.3) is 23.3 Å². The summed E-state index contributed by atoms with van der Waals surface area (Å²) in [7, 11) is 2.39. The summed E-state index contributed by atoms with van der Waals surface area (Å²) in [6.45, 7) is 9.72. The van der Waals surface area contributed by atoms with E-state index in [0.29, 0.717) is 11.8 Å². The van der Waals surface area contributed by atoms with Gasteiger partial charge in [-0.25, -0.2) is 0 Å². The Morgan fingerprint density at radius 2 is 1.72 bits per heavy atom. The molecule has 0 amide bonds. The highest BCUT2D eigenvalue weighted by atomic mass is 32.2. The molecule has 3 heterocycles. The molecule has 1 aromatic heterocycles. The predicted octanol–water partition coefficient (Wildman–Crippen LogP) is 8.50. The molecule has 7 atom stereocenters. The summed E-state index contributed by atoms with van der Waals surface area (Å²) in [6.07, 6.45) is 30.8. The van der Waals surface area contributed by atoms with Crippen LogP contribution in [0.1, 0.15) is 81.7 Å². The zero-order chi connectivity index (χ0) is 36.1. The Morgan fingerprint density at radius 3 is 2.53 bits per heavy atom. The highest BCUT2D eigenvalue weighted by Gasteiger charge is 2.46. The van der Waals surface area contributed by atoms with Crippen molar-refractivity contribution in [3.63, 3.8) is 0 Å². The van der Waals surface area contributed by atoms with Crippen LogP contribution in [0.5, 0.6) is 0 Å². The second kappa shape index (κ2) is 12.3. The van der Waals surface area contributed by atoms with E-state index in [1.165, 1.54) is 65.2 Å². The SMILES string of the molecule is CC1Cc2c(n(C3NC(C4=CC=C5C6=C(C=CCC6C)SC5(C)C4)=CC(c4ccccc4)[NH+]3C)c3c2=C2C=CC=CC2(C)CC=3)C=C1c1ccccc1. The molecule has 5 aliphatic carbocycles. The number of rotatable bonds is 4. The normalized spacial score (nSPS) is 32.2. The third-order valence-electron chi connectivity index (χ3n) is 13.3. The molecule has 0 radical (unpaired) electrons. The Morgan fingerprint density at radius 1 is 0.925 bits per heavy atom. The van der Waals surface area contributed by atoms with Gasteiger partial charge in [-0.1, -0.05) is 136 Å². The van der Waals surface area contributed by atoms with E-state index >= 15 is 0 Å². The van der Waals surface area contributed by atoms with E-state index in [2.05, 4.69) is 184 Å². The van der Waals surface area contributed by atoms with Crippen LogP contribution in [0, 0.1) is 17.3 Å². The van der Waals surface area contributed by atoms with E-state index < -0.39 is 0 Å². The molecule has 0 fully saturated rings. The van der Waals surface area contributed by atoms with Crippen LogP contribution < -0.4 is 20.8 Å². The molecule has 2 aliphatic heterocycles. The van der Waals surface area contributed by atoms with Gasteiger partial charge in [0.1, 0.15) is 6.04 Å². The van der Waals surface area contributed by atoms with Crippen LogP contribution in [0.15, 0.2) is 143 Å². The largest absolute Gasteiger partial charge is 0.318 e. The number of aromatic nitrogens is 1. The van der Waals surface area contributed by atoms with E-state index in [1.807, 2.05) is 0 Å². The number of nitrogens with zero attached hydrogens (tertiary/aromatic N) is 1. The third-order valence-corrected chi connectivity index (χ3v) is 14.7. The zero-order valence-electron chi connectivity index (χ0n) is 31.6. The molecule has 10 rings (SSSR count). The lowest BCUT2D eigenvalue weighted by atomic mass is 9.72. The van der Waals surface area contributed by atoms with Gasteiger partial charge in [0.05, 0.1) is 18.1 Å². The second-order valence-corrected chi connectivity index (χ2v) is 18.4. The average molecular weight is 713 g/mol. The van der Waals surface area contributed by atoms with Gasteiger partial charge in [-0.15, -0.1) is 11.8 Å². The van der Waals surface area contributed by atoms with Crippen LogP contribution in [0.2, 0.25) is 0 Å². The minimum Gasteiger partial charge on any atom is -0.318 e. The monoisotopic (exact) mass is 712 g/mol. The lowest BCUT2D eigenvalue weighted by molar-refractivity contribution is -0.952. The van der Waals surface area contributed by atoms with E-state index in [1.54, 1.807) is 11.1 Å². The number of allylic oxidation sites excluding steroid dienone is 11. The van der Waals surface area contributed by atoms with Crippen molar-refractivity contribution in [2.75, 3.05) is 7.05 Å². The van der Waals surface area contributed by atoms with Crippen molar-refractivity contribution in [1.29, 1.82) is 0 Å². The van der Waals surface area contributed by atoms with Crippen molar-refractivity contribution in [2.24, 2.45) is 17.3 Å². The fourth-order valence-electron chi connectivity index (χ4n) is 10.4. The van der Waals surface area contributed by atoms with Crippen LogP contribution >= 0.6 is 11.8 Å². The molecular weight excluding hydrogens is 663 g/mol. The molecule has 0 spiro atoms. The van der Waals surface area contributed by atoms with Gasteiger partial charge in [-0.2, -0.15) is 0 Å². The van der Waals surface area contributed by atoms with Crippen LogP contribution in [-0.4, -0.2) is 16.4 Å². The first-order chi connectivity index (χ1) is 25.7. The van der Waals surface area contributed by atoms with Crippen molar-refractivity contribution in [3.05, 3.63) is 176 Å². The van der Waals surface area contributed by atoms with Gasteiger partial charge in [-0.05, 0) is 89.5 Å². The van der Waals surface area contributed by atoms with Gasteiger partial charge in [-0.3, -0.25) is 9.47 Å². The van der Waals surface area contributed by atoms with E-state index in [4.69, 9.17) is 0 Å². The maximum absolute atomic E-state index is 4.25. The summed E-state index contributed by atoms with van der Waals surface area (Å²) in [4.78, 5) is 2.92. The average Bonchev–Trinajstić information content (AvgIpc) is 3.66. The first kappa shape index (κ1) is 33.1. The predicted molar refractivity (Wildman–Crippen MR) is 223 cm³/mol. The summed E-state index contributed by atoms with van der Waals surface area (Å²) < 4.78 is 2.75. The fourth-order valence-corrected chi connectivity index (χ4v) is 12.0. The van der Waals surface area contributed by atoms with Gasteiger partial charge in [0.15, 0.2) is 0 Å². The molecule has 53 heavy (non-hydrogen) atoms. The van der Waals surface area contributed by atoms with Crippen molar-refractivity contribution in [2.45, 2.75) is 70.5 Å². The van der Waals surface area contributed by atoms with Crippen molar-refractivity contribution >= 4 is 35.1 Å². The third kappa shape index (κ3) is 5.12. The molecule has 2 aromatic carbocycles. The van der Waals surface area contributed by atoms with Gasteiger partial charge < -0.3 is 5.32 Å². The molecule has 0 saturated carbocycles. The molecule has 266 valence electrons. The van der Waals surface area contributed by atoms with Crippen molar-refractivity contribution < 1.29 is 4.90 Å². The Balaban J connectivity index is 1.17. The molecule has 3 aromatic rings. The first-order valence-corrected chi connectivity index (χ1v) is 20.5. The van der Waals surface area contributed by atoms with E-state index in [0.717, 1.165) is 25.7 Å². The van der Waals surface area contributed by atoms with Gasteiger partial charge in [0.2, 0.25) is 6.29 Å². The Bertz CT molecular complexity index is 2430. The highest BCUT2D eigenvalue weighted by Crippen LogP contribution is 2.58. The summed E-state index contributed by atoms with van der Waals surface area (Å²) >= 11 is 2.09. The molecule has 2 N–H and O–H groups in total. The first-order valence-electron chi connectivity index (χ1n) is 19.7. The van der Waals surface area contributed by atoms with Crippen LogP contribution in [0.4, 0.5) is 0 Å². The van der Waals surface area contributed by atoms with Crippen molar-refractivity contribution in [1.82, 2.24) is 9.88 Å². The topological polar surface area (TPSA) is 21.4 Å². The Labute approximate surface area is 319 Å². The van der Waals surface area contributed by atoms with Crippen LogP contribution in [0.3, 0.4) is 0 Å². The van der Waals surface area contributed by atoms with Crippen LogP contribution in [-0.2, 0) is 6.42 Å². The molecular formula is C49H50N3S+. The summed E-state index contributed by atoms with van der Waals surface area (Å²) in [5.41, 5.74) is 14.3. The quantitative estimate of drug-likeness (QED) is 0.283. The maximum Gasteiger partial charge on any atom is 0.246 e. The smallest absolute Gasteiger partial charge is 0.246 e. The minimum absolute atomic E-state index is 0.00620. The molecule has 0 saturated heterocycles. The van der Waals surface area contributed by atoms with E-state index in [-0.39, 0.29) is 22.5 Å². The standard InChI is InChI=1S/C49H49N3S/c1-31-15-14-21-44-45(31)39-23-22-35(30-49(39,4)53-44)40-29-42(34-18-10-7-11-19-34)51(5)47(50-40)52-41-24-26-48(3)25-13-12-20-38(48)46(41)37-27-32(2)36(28-43(37)52)33-16-8-6-9-17-33/h6-14,16-25,28-29,31-32,42,47,50H,15,26-27,30H2,1-5H3/p+1. The zero-order valence-corrected chi connectivity index (χ0v) is 32.4. The lowest BCUT2D eigenvalue weighted by Crippen LogP contribution is -3.13.